The molecule has 2 rings (SSSR count). The molecule has 0 aromatic heterocycles. The summed E-state index contributed by atoms with van der Waals surface area (Å²) >= 11 is 6.06. The molecular formula is C19H23ClFNO2. The largest absolute Gasteiger partial charge is 0.493 e. The molecule has 0 saturated carbocycles. The quantitative estimate of drug-likeness (QED) is 0.740. The number of rotatable bonds is 8. The standard InChI is InChI=1S/C19H23ClFNO2/c1-13(2)10-22-11-14-5-4-6-18(23-3)19(14)24-12-15-7-8-16(21)9-17(15)20/h4-9,13,22H,10-12H2,1-3H3. The second-order valence-corrected chi connectivity index (χ2v) is 6.40. The summed E-state index contributed by atoms with van der Waals surface area (Å²) in [6, 6.07) is 10.1. The van der Waals surface area contributed by atoms with Gasteiger partial charge in [-0.2, -0.15) is 0 Å². The Hall–Kier alpha value is -1.78. The minimum Gasteiger partial charge on any atom is -0.493 e. The molecule has 0 fully saturated rings. The molecule has 0 spiro atoms. The van der Waals surface area contributed by atoms with Gasteiger partial charge >= 0.3 is 0 Å². The average Bonchev–Trinajstić information content (AvgIpc) is 2.54. The minimum atomic E-state index is -0.361. The highest BCUT2D eigenvalue weighted by Crippen LogP contribution is 2.32. The van der Waals surface area contributed by atoms with Crippen LogP contribution in [0.3, 0.4) is 0 Å². The maximum atomic E-state index is 13.1. The highest BCUT2D eigenvalue weighted by molar-refractivity contribution is 6.31. The zero-order valence-electron chi connectivity index (χ0n) is 14.2. The van der Waals surface area contributed by atoms with Crippen LogP contribution in [-0.2, 0) is 13.2 Å². The Morgan fingerprint density at radius 1 is 1.17 bits per heavy atom. The number of halogens is 2. The molecule has 0 unspecified atom stereocenters. The van der Waals surface area contributed by atoms with E-state index in [-0.39, 0.29) is 12.4 Å². The number of nitrogens with one attached hydrogen (secondary N) is 1. The molecule has 2 aromatic rings. The minimum absolute atomic E-state index is 0.247. The van der Waals surface area contributed by atoms with Crippen LogP contribution in [0.2, 0.25) is 5.02 Å². The predicted octanol–water partition coefficient (Wildman–Crippen LogP) is 4.81. The molecule has 0 amide bonds. The van der Waals surface area contributed by atoms with Crippen LogP contribution in [0, 0.1) is 11.7 Å². The van der Waals surface area contributed by atoms with Gasteiger partial charge in [0.1, 0.15) is 12.4 Å². The Morgan fingerprint density at radius 2 is 1.96 bits per heavy atom. The highest BCUT2D eigenvalue weighted by atomic mass is 35.5. The predicted molar refractivity (Wildman–Crippen MR) is 95.3 cm³/mol. The Morgan fingerprint density at radius 3 is 2.62 bits per heavy atom. The van der Waals surface area contributed by atoms with Crippen LogP contribution in [-0.4, -0.2) is 13.7 Å². The van der Waals surface area contributed by atoms with Gasteiger partial charge in [0.25, 0.3) is 0 Å². The van der Waals surface area contributed by atoms with Gasteiger partial charge in [0.05, 0.1) is 12.1 Å². The fourth-order valence-electron chi connectivity index (χ4n) is 2.31. The van der Waals surface area contributed by atoms with Crippen molar-refractivity contribution in [3.05, 3.63) is 58.4 Å². The highest BCUT2D eigenvalue weighted by Gasteiger charge is 2.12. The molecule has 0 aliphatic heterocycles. The molecule has 0 radical (unpaired) electrons. The van der Waals surface area contributed by atoms with Gasteiger partial charge in [0, 0.05) is 17.7 Å². The maximum absolute atomic E-state index is 13.1. The van der Waals surface area contributed by atoms with Crippen molar-refractivity contribution in [3.8, 4) is 11.5 Å². The second kappa shape index (κ2) is 8.90. The molecule has 3 nitrogen and oxygen atoms in total. The van der Waals surface area contributed by atoms with E-state index in [2.05, 4.69) is 19.2 Å². The molecule has 130 valence electrons. The Labute approximate surface area is 147 Å². The van der Waals surface area contributed by atoms with Crippen LogP contribution < -0.4 is 14.8 Å². The molecule has 0 aliphatic rings. The van der Waals surface area contributed by atoms with Crippen molar-refractivity contribution in [2.75, 3.05) is 13.7 Å². The first-order valence-electron chi connectivity index (χ1n) is 7.94. The Bertz CT molecular complexity index is 676. The van der Waals surface area contributed by atoms with E-state index >= 15 is 0 Å². The third-order valence-corrected chi connectivity index (χ3v) is 3.89. The van der Waals surface area contributed by atoms with Crippen molar-refractivity contribution >= 4 is 11.6 Å². The molecule has 2 aromatic carbocycles. The lowest BCUT2D eigenvalue weighted by Gasteiger charge is -2.16. The summed E-state index contributed by atoms with van der Waals surface area (Å²) in [5.41, 5.74) is 1.73. The fraction of sp³-hybridized carbons (Fsp3) is 0.368. The lowest BCUT2D eigenvalue weighted by Crippen LogP contribution is -2.19. The first-order valence-corrected chi connectivity index (χ1v) is 8.32. The van der Waals surface area contributed by atoms with E-state index < -0.39 is 0 Å². The Balaban J connectivity index is 2.14. The van der Waals surface area contributed by atoms with Gasteiger partial charge in [-0.25, -0.2) is 4.39 Å². The van der Waals surface area contributed by atoms with Crippen LogP contribution in [0.15, 0.2) is 36.4 Å². The van der Waals surface area contributed by atoms with E-state index in [4.69, 9.17) is 21.1 Å². The number of hydrogen-bond acceptors (Lipinski definition) is 3. The summed E-state index contributed by atoms with van der Waals surface area (Å²) in [5.74, 6) is 1.55. The van der Waals surface area contributed by atoms with Crippen LogP contribution in [0.1, 0.15) is 25.0 Å². The number of ether oxygens (including phenoxy) is 2. The van der Waals surface area contributed by atoms with Crippen molar-refractivity contribution in [1.29, 1.82) is 0 Å². The van der Waals surface area contributed by atoms with Crippen molar-refractivity contribution in [3.63, 3.8) is 0 Å². The monoisotopic (exact) mass is 351 g/mol. The van der Waals surface area contributed by atoms with Crippen LogP contribution in [0.25, 0.3) is 0 Å². The fourth-order valence-corrected chi connectivity index (χ4v) is 2.53. The van der Waals surface area contributed by atoms with E-state index in [1.807, 2.05) is 18.2 Å². The molecule has 5 heteroatoms. The van der Waals surface area contributed by atoms with E-state index in [0.717, 1.165) is 17.7 Å². The van der Waals surface area contributed by atoms with Crippen molar-refractivity contribution in [2.24, 2.45) is 5.92 Å². The SMILES string of the molecule is COc1cccc(CNCC(C)C)c1OCc1ccc(F)cc1Cl. The van der Waals surface area contributed by atoms with Gasteiger partial charge in [-0.15, -0.1) is 0 Å². The Kier molecular flexibility index (Phi) is 6.88. The summed E-state index contributed by atoms with van der Waals surface area (Å²) in [5, 5.41) is 3.75. The normalized spacial score (nSPS) is 10.9. The number of benzene rings is 2. The third-order valence-electron chi connectivity index (χ3n) is 3.54. The molecule has 0 atom stereocenters. The van der Waals surface area contributed by atoms with E-state index in [9.17, 15) is 4.39 Å². The van der Waals surface area contributed by atoms with E-state index in [1.54, 1.807) is 13.2 Å². The molecule has 0 aliphatic carbocycles. The lowest BCUT2D eigenvalue weighted by atomic mass is 10.1. The molecular weight excluding hydrogens is 329 g/mol. The average molecular weight is 352 g/mol. The summed E-state index contributed by atoms with van der Waals surface area (Å²) in [7, 11) is 1.61. The van der Waals surface area contributed by atoms with Gasteiger partial charge in [-0.05, 0) is 30.7 Å². The number of methoxy groups -OCH3 is 1. The van der Waals surface area contributed by atoms with Crippen molar-refractivity contribution in [2.45, 2.75) is 27.0 Å². The second-order valence-electron chi connectivity index (χ2n) is 6.00. The van der Waals surface area contributed by atoms with Crippen molar-refractivity contribution < 1.29 is 13.9 Å². The van der Waals surface area contributed by atoms with Gasteiger partial charge in [0.15, 0.2) is 11.5 Å². The van der Waals surface area contributed by atoms with Gasteiger partial charge < -0.3 is 14.8 Å². The first kappa shape index (κ1) is 18.6. The number of hydrogen-bond donors (Lipinski definition) is 1. The molecule has 0 saturated heterocycles. The van der Waals surface area contributed by atoms with Crippen LogP contribution >= 0.6 is 11.6 Å². The number of para-hydroxylation sites is 1. The first-order chi connectivity index (χ1) is 11.5. The van der Waals surface area contributed by atoms with Gasteiger partial charge in [-0.1, -0.05) is 43.6 Å². The molecule has 1 N–H and O–H groups in total. The van der Waals surface area contributed by atoms with Gasteiger partial charge in [-0.3, -0.25) is 0 Å². The molecule has 0 bridgehead atoms. The van der Waals surface area contributed by atoms with E-state index in [1.165, 1.54) is 12.1 Å². The van der Waals surface area contributed by atoms with Crippen molar-refractivity contribution in [1.82, 2.24) is 5.32 Å². The molecule has 24 heavy (non-hydrogen) atoms. The third kappa shape index (κ3) is 5.11. The maximum Gasteiger partial charge on any atom is 0.166 e. The zero-order chi connectivity index (χ0) is 17.5. The zero-order valence-corrected chi connectivity index (χ0v) is 15.0. The smallest absolute Gasteiger partial charge is 0.166 e. The summed E-state index contributed by atoms with van der Waals surface area (Å²) in [4.78, 5) is 0. The molecule has 0 heterocycles. The van der Waals surface area contributed by atoms with Gasteiger partial charge in [0.2, 0.25) is 0 Å². The summed E-state index contributed by atoms with van der Waals surface area (Å²) in [6.45, 7) is 6.16. The summed E-state index contributed by atoms with van der Waals surface area (Å²) in [6.07, 6.45) is 0. The summed E-state index contributed by atoms with van der Waals surface area (Å²) < 4.78 is 24.5. The van der Waals surface area contributed by atoms with E-state index in [0.29, 0.717) is 29.0 Å². The van der Waals surface area contributed by atoms with Crippen LogP contribution in [0.4, 0.5) is 4.39 Å². The van der Waals surface area contributed by atoms with Crippen LogP contribution in [0.5, 0.6) is 11.5 Å². The topological polar surface area (TPSA) is 30.5 Å². The lowest BCUT2D eigenvalue weighted by molar-refractivity contribution is 0.280.